The van der Waals surface area contributed by atoms with Gasteiger partial charge in [0.1, 0.15) is 11.3 Å². The maximum atomic E-state index is 12.2. The van der Waals surface area contributed by atoms with Crippen LogP contribution in [0.5, 0.6) is 5.75 Å². The van der Waals surface area contributed by atoms with E-state index in [4.69, 9.17) is 5.11 Å². The van der Waals surface area contributed by atoms with E-state index in [0.717, 1.165) is 12.1 Å². The molecule has 0 amide bonds. The van der Waals surface area contributed by atoms with Gasteiger partial charge in [0.15, 0.2) is 0 Å². The van der Waals surface area contributed by atoms with Crippen molar-refractivity contribution in [1.29, 1.82) is 0 Å². The number of aromatic carboxylic acids is 1. The summed E-state index contributed by atoms with van der Waals surface area (Å²) >= 11 is 0. The third-order valence-electron chi connectivity index (χ3n) is 1.76. The lowest BCUT2D eigenvalue weighted by atomic mass is 10.1. The van der Waals surface area contributed by atoms with E-state index in [9.17, 15) is 18.0 Å². The summed E-state index contributed by atoms with van der Waals surface area (Å²) in [5.41, 5.74) is -1.52. The maximum absolute atomic E-state index is 12.2. The Labute approximate surface area is 83.1 Å². The molecule has 0 aromatic heterocycles. The second kappa shape index (κ2) is 3.80. The van der Waals surface area contributed by atoms with Crippen molar-refractivity contribution in [3.63, 3.8) is 0 Å². The second-order valence-electron chi connectivity index (χ2n) is 2.72. The predicted octanol–water partition coefficient (Wildman–Crippen LogP) is 2.41. The van der Waals surface area contributed by atoms with E-state index in [1.807, 2.05) is 0 Å². The number of ether oxygens (including phenoxy) is 1. The van der Waals surface area contributed by atoms with E-state index in [0.29, 0.717) is 6.07 Å². The first-order valence-electron chi connectivity index (χ1n) is 3.85. The monoisotopic (exact) mass is 220 g/mol. The number of carbonyl (C=O) groups is 1. The van der Waals surface area contributed by atoms with Crippen LogP contribution in [0.3, 0.4) is 0 Å². The molecule has 0 saturated carbocycles. The number of benzene rings is 1. The molecular weight excluding hydrogens is 213 g/mol. The minimum absolute atomic E-state index is 0.101. The van der Waals surface area contributed by atoms with Crippen molar-refractivity contribution < 1.29 is 27.8 Å². The Bertz CT molecular complexity index is 385. The van der Waals surface area contributed by atoms with Gasteiger partial charge in [0, 0.05) is 0 Å². The number of methoxy groups -OCH3 is 1. The highest BCUT2D eigenvalue weighted by Crippen LogP contribution is 2.32. The fourth-order valence-corrected chi connectivity index (χ4v) is 1.05. The first-order valence-corrected chi connectivity index (χ1v) is 3.85. The third kappa shape index (κ3) is 2.39. The van der Waals surface area contributed by atoms with Gasteiger partial charge in [0.05, 0.1) is 12.7 Å². The summed E-state index contributed by atoms with van der Waals surface area (Å²) in [7, 11) is 1.19. The molecule has 1 N–H and O–H groups in total. The Balaban J connectivity index is 3.28. The number of rotatable bonds is 2. The van der Waals surface area contributed by atoms with Crippen molar-refractivity contribution in [1.82, 2.24) is 0 Å². The van der Waals surface area contributed by atoms with E-state index in [1.165, 1.54) is 7.11 Å². The zero-order valence-corrected chi connectivity index (χ0v) is 7.63. The van der Waals surface area contributed by atoms with Crippen molar-refractivity contribution in [3.8, 4) is 5.75 Å². The summed E-state index contributed by atoms with van der Waals surface area (Å²) in [5.74, 6) is -1.56. The van der Waals surface area contributed by atoms with Crippen LogP contribution in [0.15, 0.2) is 18.2 Å². The summed E-state index contributed by atoms with van der Waals surface area (Å²) in [4.78, 5) is 10.6. The van der Waals surface area contributed by atoms with Gasteiger partial charge in [-0.25, -0.2) is 4.79 Å². The molecule has 0 atom stereocenters. The van der Waals surface area contributed by atoms with Crippen molar-refractivity contribution in [2.75, 3.05) is 7.11 Å². The Morgan fingerprint density at radius 3 is 2.40 bits per heavy atom. The Kier molecular flexibility index (Phi) is 2.88. The molecule has 0 aliphatic carbocycles. The largest absolute Gasteiger partial charge is 0.496 e. The molecule has 82 valence electrons. The molecule has 6 heteroatoms. The molecule has 1 aromatic rings. The zero-order chi connectivity index (χ0) is 11.6. The summed E-state index contributed by atoms with van der Waals surface area (Å²) < 4.78 is 41.3. The average molecular weight is 220 g/mol. The smallest absolute Gasteiger partial charge is 0.416 e. The fourth-order valence-electron chi connectivity index (χ4n) is 1.05. The first-order chi connectivity index (χ1) is 6.86. The van der Waals surface area contributed by atoms with Gasteiger partial charge in [0.2, 0.25) is 0 Å². The van der Waals surface area contributed by atoms with Crippen LogP contribution in [-0.2, 0) is 6.18 Å². The van der Waals surface area contributed by atoms with Gasteiger partial charge >= 0.3 is 12.1 Å². The molecule has 0 radical (unpaired) electrons. The van der Waals surface area contributed by atoms with Crippen LogP contribution in [0.1, 0.15) is 15.9 Å². The van der Waals surface area contributed by atoms with Gasteiger partial charge in [-0.05, 0) is 18.2 Å². The molecule has 1 aromatic carbocycles. The van der Waals surface area contributed by atoms with Gasteiger partial charge < -0.3 is 9.84 Å². The molecule has 0 fully saturated rings. The van der Waals surface area contributed by atoms with Crippen molar-refractivity contribution in [2.24, 2.45) is 0 Å². The lowest BCUT2D eigenvalue weighted by molar-refractivity contribution is -0.137. The molecule has 0 aliphatic heterocycles. The van der Waals surface area contributed by atoms with Crippen LogP contribution in [0.25, 0.3) is 0 Å². The topological polar surface area (TPSA) is 46.5 Å². The molecule has 0 aliphatic rings. The van der Waals surface area contributed by atoms with Gasteiger partial charge in [-0.2, -0.15) is 13.2 Å². The van der Waals surface area contributed by atoms with Gasteiger partial charge in [-0.1, -0.05) is 0 Å². The normalized spacial score (nSPS) is 11.2. The van der Waals surface area contributed by atoms with Gasteiger partial charge in [-0.15, -0.1) is 0 Å². The molecule has 0 heterocycles. The number of hydrogen-bond donors (Lipinski definition) is 1. The SMILES string of the molecule is COc1ccc(C(F)(F)F)cc1C(=O)O. The predicted molar refractivity (Wildman–Crippen MR) is 45.0 cm³/mol. The van der Waals surface area contributed by atoms with Crippen LogP contribution >= 0.6 is 0 Å². The molecule has 0 bridgehead atoms. The molecule has 1 rings (SSSR count). The lowest BCUT2D eigenvalue weighted by Gasteiger charge is -2.09. The van der Waals surface area contributed by atoms with E-state index >= 15 is 0 Å². The number of hydrogen-bond acceptors (Lipinski definition) is 2. The molecule has 0 unspecified atom stereocenters. The molecule has 0 saturated heterocycles. The first kappa shape index (κ1) is 11.4. The van der Waals surface area contributed by atoms with Gasteiger partial charge in [0.25, 0.3) is 0 Å². The van der Waals surface area contributed by atoms with E-state index in [-0.39, 0.29) is 5.75 Å². The van der Waals surface area contributed by atoms with E-state index < -0.39 is 23.3 Å². The number of carboxylic acids is 1. The van der Waals surface area contributed by atoms with Crippen LogP contribution < -0.4 is 4.74 Å². The van der Waals surface area contributed by atoms with E-state index in [2.05, 4.69) is 4.74 Å². The quantitative estimate of drug-likeness (QED) is 0.832. The second-order valence-corrected chi connectivity index (χ2v) is 2.72. The molecule has 15 heavy (non-hydrogen) atoms. The lowest BCUT2D eigenvalue weighted by Crippen LogP contribution is -2.08. The number of halogens is 3. The van der Waals surface area contributed by atoms with Crippen LogP contribution in [0.4, 0.5) is 13.2 Å². The van der Waals surface area contributed by atoms with Crippen molar-refractivity contribution in [3.05, 3.63) is 29.3 Å². The van der Waals surface area contributed by atoms with Crippen LogP contribution in [-0.4, -0.2) is 18.2 Å². The summed E-state index contributed by atoms with van der Waals surface area (Å²) in [6.07, 6.45) is -4.56. The van der Waals surface area contributed by atoms with Crippen molar-refractivity contribution >= 4 is 5.97 Å². The highest BCUT2D eigenvalue weighted by Gasteiger charge is 2.31. The summed E-state index contributed by atoms with van der Waals surface area (Å²) in [6.45, 7) is 0. The Morgan fingerprint density at radius 2 is 2.00 bits per heavy atom. The zero-order valence-electron chi connectivity index (χ0n) is 7.63. The minimum atomic E-state index is -4.56. The average Bonchev–Trinajstić information content (AvgIpc) is 2.15. The highest BCUT2D eigenvalue weighted by atomic mass is 19.4. The third-order valence-corrected chi connectivity index (χ3v) is 1.76. The maximum Gasteiger partial charge on any atom is 0.416 e. The summed E-state index contributed by atoms with van der Waals surface area (Å²) in [5, 5.41) is 8.64. The number of alkyl halides is 3. The highest BCUT2D eigenvalue weighted by molar-refractivity contribution is 5.91. The minimum Gasteiger partial charge on any atom is -0.496 e. The Hall–Kier alpha value is -1.72. The summed E-state index contributed by atoms with van der Waals surface area (Å²) in [6, 6.07) is 2.29. The molecular formula is C9H7F3O3. The number of carboxylic acid groups (broad SMARTS) is 1. The molecule has 0 spiro atoms. The van der Waals surface area contributed by atoms with E-state index in [1.54, 1.807) is 0 Å². The van der Waals surface area contributed by atoms with Crippen LogP contribution in [0.2, 0.25) is 0 Å². The van der Waals surface area contributed by atoms with Crippen molar-refractivity contribution in [2.45, 2.75) is 6.18 Å². The Morgan fingerprint density at radius 1 is 1.40 bits per heavy atom. The molecule has 3 nitrogen and oxygen atoms in total. The standard InChI is InChI=1S/C9H7F3O3/c1-15-7-3-2-5(9(10,11)12)4-6(7)8(13)14/h2-4H,1H3,(H,13,14). The van der Waals surface area contributed by atoms with Crippen LogP contribution in [0, 0.1) is 0 Å². The fraction of sp³-hybridized carbons (Fsp3) is 0.222. The van der Waals surface area contributed by atoms with Gasteiger partial charge in [-0.3, -0.25) is 0 Å².